The van der Waals surface area contributed by atoms with Crippen molar-refractivity contribution in [2.45, 2.75) is 53.1 Å². The Kier molecular flexibility index (Phi) is 10.4. The Balaban J connectivity index is 1.97. The number of aryl methyl sites for hydroxylation is 2. The highest BCUT2D eigenvalue weighted by atomic mass is 35.5. The summed E-state index contributed by atoms with van der Waals surface area (Å²) in [6.07, 6.45) is 1.12. The zero-order valence-corrected chi connectivity index (χ0v) is 23.3. The van der Waals surface area contributed by atoms with Crippen LogP contribution in [0.2, 0.25) is 10.0 Å². The van der Waals surface area contributed by atoms with Gasteiger partial charge >= 0.3 is 0 Å². The van der Waals surface area contributed by atoms with Crippen LogP contribution < -0.4 is 10.1 Å². The highest BCUT2D eigenvalue weighted by Gasteiger charge is 2.31. The highest BCUT2D eigenvalue weighted by Crippen LogP contribution is 2.28. The van der Waals surface area contributed by atoms with Crippen LogP contribution in [0.4, 0.5) is 0 Å². The minimum absolute atomic E-state index is 0.0730. The maximum atomic E-state index is 13.8. The molecule has 3 rings (SSSR count). The minimum Gasteiger partial charge on any atom is -0.483 e. The van der Waals surface area contributed by atoms with Gasteiger partial charge in [0.1, 0.15) is 11.8 Å². The van der Waals surface area contributed by atoms with E-state index in [1.165, 1.54) is 4.90 Å². The molecular weight excluding hydrogens is 507 g/mol. The number of hydrogen-bond acceptors (Lipinski definition) is 3. The van der Waals surface area contributed by atoms with Crippen molar-refractivity contribution in [1.29, 1.82) is 0 Å². The van der Waals surface area contributed by atoms with Crippen LogP contribution in [0.1, 0.15) is 41.2 Å². The quantitative estimate of drug-likeness (QED) is 0.303. The van der Waals surface area contributed by atoms with Crippen LogP contribution >= 0.6 is 23.2 Å². The van der Waals surface area contributed by atoms with Crippen molar-refractivity contribution in [1.82, 2.24) is 10.2 Å². The van der Waals surface area contributed by atoms with Crippen LogP contribution in [0.3, 0.4) is 0 Å². The summed E-state index contributed by atoms with van der Waals surface area (Å²) < 4.78 is 6.01. The molecule has 0 aliphatic rings. The van der Waals surface area contributed by atoms with Gasteiger partial charge in [-0.05, 0) is 67.6 Å². The van der Waals surface area contributed by atoms with E-state index in [1.54, 1.807) is 18.2 Å². The molecule has 3 aromatic rings. The topological polar surface area (TPSA) is 58.6 Å². The number of nitrogens with zero attached hydrogens (tertiary/aromatic N) is 1. The van der Waals surface area contributed by atoms with Gasteiger partial charge in [-0.2, -0.15) is 0 Å². The molecular formula is C30H34Cl2N2O3. The minimum atomic E-state index is -0.780. The van der Waals surface area contributed by atoms with Gasteiger partial charge in [-0.25, -0.2) is 0 Å². The number of rotatable bonds is 11. The van der Waals surface area contributed by atoms with Gasteiger partial charge in [0.05, 0.1) is 0 Å². The van der Waals surface area contributed by atoms with Crippen LogP contribution in [0.5, 0.6) is 5.75 Å². The van der Waals surface area contributed by atoms with Crippen LogP contribution in [-0.2, 0) is 22.6 Å². The second-order valence-corrected chi connectivity index (χ2v) is 10.0. The monoisotopic (exact) mass is 540 g/mol. The van der Waals surface area contributed by atoms with E-state index >= 15 is 0 Å². The lowest BCUT2D eigenvalue weighted by atomic mass is 10.0. The molecule has 1 N–H and O–H groups in total. The van der Waals surface area contributed by atoms with Crippen molar-refractivity contribution in [3.63, 3.8) is 0 Å². The van der Waals surface area contributed by atoms with E-state index in [9.17, 15) is 9.59 Å². The van der Waals surface area contributed by atoms with Crippen LogP contribution in [0, 0.1) is 20.8 Å². The van der Waals surface area contributed by atoms with Crippen LogP contribution in [-0.4, -0.2) is 35.9 Å². The first-order valence-corrected chi connectivity index (χ1v) is 13.2. The van der Waals surface area contributed by atoms with E-state index in [4.69, 9.17) is 27.9 Å². The smallest absolute Gasteiger partial charge is 0.261 e. The third kappa shape index (κ3) is 7.73. The second kappa shape index (κ2) is 13.5. The molecule has 0 saturated carbocycles. The molecule has 37 heavy (non-hydrogen) atoms. The lowest BCUT2D eigenvalue weighted by Gasteiger charge is -2.32. The van der Waals surface area contributed by atoms with Gasteiger partial charge in [0, 0.05) is 35.1 Å². The van der Waals surface area contributed by atoms with Crippen molar-refractivity contribution in [2.24, 2.45) is 0 Å². The van der Waals surface area contributed by atoms with Gasteiger partial charge in [-0.3, -0.25) is 9.59 Å². The van der Waals surface area contributed by atoms with Crippen LogP contribution in [0.25, 0.3) is 0 Å². The SMILES string of the molecule is CCCNC(=O)C(Cc1ccccc1)N(Cc1c(Cl)cccc1Cl)C(=O)COc1cc(C)cc(C)c1C. The summed E-state index contributed by atoms with van der Waals surface area (Å²) in [5.41, 5.74) is 4.63. The predicted octanol–water partition coefficient (Wildman–Crippen LogP) is 6.46. The average Bonchev–Trinajstić information content (AvgIpc) is 2.87. The van der Waals surface area contributed by atoms with E-state index < -0.39 is 6.04 Å². The van der Waals surface area contributed by atoms with E-state index in [1.807, 2.05) is 64.1 Å². The van der Waals surface area contributed by atoms with Gasteiger partial charge in [-0.15, -0.1) is 0 Å². The molecule has 196 valence electrons. The average molecular weight is 542 g/mol. The van der Waals surface area contributed by atoms with Gasteiger partial charge in [0.15, 0.2) is 6.61 Å². The van der Waals surface area contributed by atoms with Crippen molar-refractivity contribution < 1.29 is 14.3 Å². The van der Waals surface area contributed by atoms with Crippen molar-refractivity contribution >= 4 is 35.0 Å². The van der Waals surface area contributed by atoms with Gasteiger partial charge < -0.3 is 15.0 Å². The fourth-order valence-electron chi connectivity index (χ4n) is 4.15. The Morgan fingerprint density at radius 2 is 1.65 bits per heavy atom. The Labute approximate surface area is 229 Å². The second-order valence-electron chi connectivity index (χ2n) is 9.21. The number of nitrogens with one attached hydrogen (secondary N) is 1. The number of amides is 2. The lowest BCUT2D eigenvalue weighted by molar-refractivity contribution is -0.142. The van der Waals surface area contributed by atoms with Crippen molar-refractivity contribution in [2.75, 3.05) is 13.2 Å². The lowest BCUT2D eigenvalue weighted by Crippen LogP contribution is -2.51. The zero-order valence-electron chi connectivity index (χ0n) is 21.8. The Hall–Kier alpha value is -3.02. The molecule has 5 nitrogen and oxygen atoms in total. The molecule has 0 heterocycles. The zero-order chi connectivity index (χ0) is 26.9. The number of carbonyl (C=O) groups is 2. The maximum absolute atomic E-state index is 13.8. The van der Waals surface area contributed by atoms with E-state index in [0.717, 1.165) is 28.7 Å². The summed E-state index contributed by atoms with van der Waals surface area (Å²) in [7, 11) is 0. The van der Waals surface area contributed by atoms with E-state index in [0.29, 0.717) is 34.3 Å². The Morgan fingerprint density at radius 3 is 2.30 bits per heavy atom. The first kappa shape index (κ1) is 28.5. The molecule has 0 saturated heterocycles. The number of benzene rings is 3. The largest absolute Gasteiger partial charge is 0.483 e. The summed E-state index contributed by atoms with van der Waals surface area (Å²) in [6.45, 7) is 8.31. The molecule has 0 aromatic heterocycles. The predicted molar refractivity (Wildman–Crippen MR) is 150 cm³/mol. The third-order valence-corrected chi connectivity index (χ3v) is 7.03. The number of ether oxygens (including phenoxy) is 1. The summed E-state index contributed by atoms with van der Waals surface area (Å²) >= 11 is 13.0. The molecule has 3 aromatic carbocycles. The molecule has 7 heteroatoms. The first-order valence-electron chi connectivity index (χ1n) is 12.5. The number of hydrogen-bond donors (Lipinski definition) is 1. The molecule has 0 bridgehead atoms. The summed E-state index contributed by atoms with van der Waals surface area (Å²) in [5, 5.41) is 3.83. The van der Waals surface area contributed by atoms with Crippen LogP contribution in [0.15, 0.2) is 60.7 Å². The van der Waals surface area contributed by atoms with E-state index in [-0.39, 0.29) is 25.0 Å². The van der Waals surface area contributed by atoms with Gasteiger partial charge in [0.2, 0.25) is 5.91 Å². The highest BCUT2D eigenvalue weighted by molar-refractivity contribution is 6.36. The number of halogens is 2. The van der Waals surface area contributed by atoms with Crippen molar-refractivity contribution in [3.8, 4) is 5.75 Å². The molecule has 0 spiro atoms. The normalized spacial score (nSPS) is 11.6. The summed E-state index contributed by atoms with van der Waals surface area (Å²) in [4.78, 5) is 28.7. The van der Waals surface area contributed by atoms with Gasteiger partial charge in [0.25, 0.3) is 5.91 Å². The van der Waals surface area contributed by atoms with Crippen molar-refractivity contribution in [3.05, 3.63) is 98.5 Å². The summed E-state index contributed by atoms with van der Waals surface area (Å²) in [6, 6.07) is 18.1. The summed E-state index contributed by atoms with van der Waals surface area (Å²) in [5.74, 6) is 0.0866. The Bertz CT molecular complexity index is 1210. The molecule has 0 fully saturated rings. The standard InChI is InChI=1S/C30H34Cl2N2O3/c1-5-14-33-30(36)27(17-23-10-7-6-8-11-23)34(18-24-25(31)12-9-13-26(24)32)29(35)19-37-28-16-20(2)15-21(3)22(28)4/h6-13,15-16,27H,5,14,17-19H2,1-4H3,(H,33,36). The molecule has 0 radical (unpaired) electrons. The number of carbonyl (C=O) groups excluding carboxylic acids is 2. The molecule has 1 unspecified atom stereocenters. The third-order valence-electron chi connectivity index (χ3n) is 6.33. The fraction of sp³-hybridized carbons (Fsp3) is 0.333. The molecule has 0 aliphatic carbocycles. The van der Waals surface area contributed by atoms with E-state index in [2.05, 4.69) is 11.4 Å². The maximum Gasteiger partial charge on any atom is 0.261 e. The molecule has 0 aliphatic heterocycles. The fourth-order valence-corrected chi connectivity index (χ4v) is 4.66. The van der Waals surface area contributed by atoms with Gasteiger partial charge in [-0.1, -0.05) is 72.6 Å². The molecule has 2 amide bonds. The molecule has 1 atom stereocenters. The Morgan fingerprint density at radius 1 is 0.973 bits per heavy atom. The first-order chi connectivity index (χ1) is 17.7.